The minimum absolute atomic E-state index is 0.196. The molecule has 0 saturated heterocycles. The average molecular weight is 296 g/mol. The van der Waals surface area contributed by atoms with E-state index in [0.29, 0.717) is 12.2 Å². The van der Waals surface area contributed by atoms with E-state index in [1.54, 1.807) is 5.57 Å². The van der Waals surface area contributed by atoms with Crippen molar-refractivity contribution < 1.29 is 9.53 Å². The topological polar surface area (TPSA) is 26.3 Å². The predicted octanol–water partition coefficient (Wildman–Crippen LogP) is 4.70. The second-order valence-corrected chi connectivity index (χ2v) is 7.26. The molecule has 0 amide bonds. The quantitative estimate of drug-likeness (QED) is 0.756. The predicted molar refractivity (Wildman–Crippen MR) is 87.4 cm³/mol. The molecule has 0 aliphatic heterocycles. The first kappa shape index (κ1) is 14.0. The van der Waals surface area contributed by atoms with Gasteiger partial charge in [-0.25, -0.2) is 4.79 Å². The van der Waals surface area contributed by atoms with Gasteiger partial charge in [-0.2, -0.15) is 0 Å². The van der Waals surface area contributed by atoms with E-state index in [4.69, 9.17) is 4.74 Å². The molecule has 2 heteroatoms. The number of ether oxygens (including phenoxy) is 1. The molecule has 0 atom stereocenters. The van der Waals surface area contributed by atoms with E-state index in [1.165, 1.54) is 32.1 Å². The van der Waals surface area contributed by atoms with E-state index in [0.717, 1.165) is 29.2 Å². The summed E-state index contributed by atoms with van der Waals surface area (Å²) in [4.78, 5) is 12.2. The molecule has 5 rings (SSSR count). The van der Waals surface area contributed by atoms with Gasteiger partial charge in [-0.15, -0.1) is 0 Å². The number of allylic oxidation sites excluding steroid dienone is 1. The largest absolute Gasteiger partial charge is 0.462 e. The van der Waals surface area contributed by atoms with E-state index in [2.05, 4.69) is 12.1 Å². The lowest BCUT2D eigenvalue weighted by atomic mass is 9.54. The molecule has 1 aromatic rings. The van der Waals surface area contributed by atoms with Crippen molar-refractivity contribution in [3.8, 4) is 0 Å². The highest BCUT2D eigenvalue weighted by atomic mass is 16.5. The molecule has 4 fully saturated rings. The highest BCUT2D eigenvalue weighted by Crippen LogP contribution is 2.56. The zero-order valence-corrected chi connectivity index (χ0v) is 13.3. The lowest BCUT2D eigenvalue weighted by Crippen LogP contribution is -2.40. The molecule has 22 heavy (non-hydrogen) atoms. The smallest absolute Gasteiger partial charge is 0.338 e. The number of rotatable bonds is 3. The Labute approximate surface area is 132 Å². The van der Waals surface area contributed by atoms with Crippen molar-refractivity contribution in [2.75, 3.05) is 6.61 Å². The zero-order valence-electron chi connectivity index (χ0n) is 13.3. The van der Waals surface area contributed by atoms with Crippen LogP contribution in [0.4, 0.5) is 0 Å². The Morgan fingerprint density at radius 2 is 1.73 bits per heavy atom. The molecule has 4 aliphatic carbocycles. The second kappa shape index (κ2) is 5.57. The Hall–Kier alpha value is -1.57. The Morgan fingerprint density at radius 3 is 2.36 bits per heavy atom. The van der Waals surface area contributed by atoms with E-state index in [-0.39, 0.29) is 5.97 Å². The van der Waals surface area contributed by atoms with Gasteiger partial charge in [0.25, 0.3) is 0 Å². The standard InChI is InChI=1S/C20H24O2/c1-2-22-20(21)18-6-4-3-5-15(18)12-19-16-8-13-7-14(10-16)11-17(19)9-13/h3-6,12-14,16-17H,2,7-11H2,1H3. The van der Waals surface area contributed by atoms with Crippen molar-refractivity contribution >= 4 is 12.0 Å². The lowest BCUT2D eigenvalue weighted by Gasteiger charge is -2.51. The fraction of sp³-hybridized carbons (Fsp3) is 0.550. The van der Waals surface area contributed by atoms with Gasteiger partial charge in [-0.05, 0) is 74.3 Å². The van der Waals surface area contributed by atoms with E-state index in [1.807, 2.05) is 25.1 Å². The van der Waals surface area contributed by atoms with Gasteiger partial charge in [0.15, 0.2) is 0 Å². The Balaban J connectivity index is 1.67. The van der Waals surface area contributed by atoms with E-state index in [9.17, 15) is 4.79 Å². The summed E-state index contributed by atoms with van der Waals surface area (Å²) in [5, 5.41) is 0. The van der Waals surface area contributed by atoms with Gasteiger partial charge in [0.1, 0.15) is 0 Å². The van der Waals surface area contributed by atoms with Crippen LogP contribution < -0.4 is 0 Å². The number of carbonyl (C=O) groups excluding carboxylic acids is 1. The van der Waals surface area contributed by atoms with Crippen LogP contribution in [-0.2, 0) is 4.74 Å². The minimum atomic E-state index is -0.196. The van der Waals surface area contributed by atoms with E-state index < -0.39 is 0 Å². The van der Waals surface area contributed by atoms with Gasteiger partial charge in [0.05, 0.1) is 12.2 Å². The average Bonchev–Trinajstić information content (AvgIpc) is 2.51. The molecule has 0 heterocycles. The van der Waals surface area contributed by atoms with E-state index >= 15 is 0 Å². The fourth-order valence-electron chi connectivity index (χ4n) is 5.16. The molecule has 0 spiro atoms. The van der Waals surface area contributed by atoms with Crippen LogP contribution >= 0.6 is 0 Å². The highest BCUT2D eigenvalue weighted by Gasteiger charge is 2.44. The van der Waals surface area contributed by atoms with Crippen molar-refractivity contribution in [1.82, 2.24) is 0 Å². The summed E-state index contributed by atoms with van der Waals surface area (Å²) in [5.74, 6) is 3.29. The van der Waals surface area contributed by atoms with Crippen LogP contribution in [0, 0.1) is 23.7 Å². The summed E-state index contributed by atoms with van der Waals surface area (Å²) in [6.45, 7) is 2.29. The number of hydrogen-bond acceptors (Lipinski definition) is 2. The Bertz CT molecular complexity index is 584. The number of esters is 1. The Kier molecular flexibility index (Phi) is 3.56. The fourth-order valence-corrected chi connectivity index (χ4v) is 5.16. The van der Waals surface area contributed by atoms with Gasteiger partial charge in [-0.1, -0.05) is 29.8 Å². The third-order valence-electron chi connectivity index (χ3n) is 5.86. The molecule has 4 aliphatic rings. The molecule has 2 nitrogen and oxygen atoms in total. The van der Waals surface area contributed by atoms with Gasteiger partial charge in [-0.3, -0.25) is 0 Å². The first-order valence-corrected chi connectivity index (χ1v) is 8.72. The van der Waals surface area contributed by atoms with Crippen molar-refractivity contribution in [3.63, 3.8) is 0 Å². The van der Waals surface area contributed by atoms with Crippen molar-refractivity contribution in [2.45, 2.75) is 39.0 Å². The molecule has 0 aromatic heterocycles. The Morgan fingerprint density at radius 1 is 1.09 bits per heavy atom. The van der Waals surface area contributed by atoms with Gasteiger partial charge < -0.3 is 4.74 Å². The maximum absolute atomic E-state index is 12.2. The normalized spacial score (nSPS) is 32.1. The maximum Gasteiger partial charge on any atom is 0.338 e. The molecule has 4 bridgehead atoms. The number of hydrogen-bond donors (Lipinski definition) is 0. The third kappa shape index (κ3) is 2.39. The summed E-state index contributed by atoms with van der Waals surface area (Å²) in [5.41, 5.74) is 3.37. The summed E-state index contributed by atoms with van der Waals surface area (Å²) >= 11 is 0. The molecular formula is C20H24O2. The molecule has 116 valence electrons. The zero-order chi connectivity index (χ0) is 15.1. The number of carbonyl (C=O) groups is 1. The van der Waals surface area contributed by atoms with Gasteiger partial charge in [0.2, 0.25) is 0 Å². The molecule has 1 aromatic carbocycles. The maximum atomic E-state index is 12.2. The van der Waals surface area contributed by atoms with Crippen LogP contribution in [0.1, 0.15) is 54.9 Å². The summed E-state index contributed by atoms with van der Waals surface area (Å²) in [6, 6.07) is 7.89. The van der Waals surface area contributed by atoms with Crippen LogP contribution in [0.3, 0.4) is 0 Å². The second-order valence-electron chi connectivity index (χ2n) is 7.26. The molecule has 0 radical (unpaired) electrons. The van der Waals surface area contributed by atoms with Crippen molar-refractivity contribution in [1.29, 1.82) is 0 Å². The summed E-state index contributed by atoms with van der Waals surface area (Å²) < 4.78 is 5.21. The first-order valence-electron chi connectivity index (χ1n) is 8.72. The third-order valence-corrected chi connectivity index (χ3v) is 5.86. The molecule has 0 unspecified atom stereocenters. The van der Waals surface area contributed by atoms with Crippen LogP contribution in [0.15, 0.2) is 29.8 Å². The van der Waals surface area contributed by atoms with Crippen LogP contribution in [0.5, 0.6) is 0 Å². The van der Waals surface area contributed by atoms with Crippen LogP contribution in [-0.4, -0.2) is 12.6 Å². The summed E-state index contributed by atoms with van der Waals surface area (Å²) in [6.07, 6.45) is 9.29. The molecule has 4 saturated carbocycles. The van der Waals surface area contributed by atoms with Crippen LogP contribution in [0.2, 0.25) is 0 Å². The monoisotopic (exact) mass is 296 g/mol. The summed E-state index contributed by atoms with van der Waals surface area (Å²) in [7, 11) is 0. The molecule has 0 N–H and O–H groups in total. The van der Waals surface area contributed by atoms with Gasteiger partial charge >= 0.3 is 5.97 Å². The highest BCUT2D eigenvalue weighted by molar-refractivity contribution is 5.93. The lowest BCUT2D eigenvalue weighted by molar-refractivity contribution is 0.0525. The van der Waals surface area contributed by atoms with Crippen molar-refractivity contribution in [3.05, 3.63) is 41.0 Å². The first-order chi connectivity index (χ1) is 10.7. The molecular weight excluding hydrogens is 272 g/mol. The van der Waals surface area contributed by atoms with Gasteiger partial charge in [0, 0.05) is 0 Å². The van der Waals surface area contributed by atoms with Crippen molar-refractivity contribution in [2.24, 2.45) is 23.7 Å². The minimum Gasteiger partial charge on any atom is -0.462 e. The number of benzene rings is 1. The van der Waals surface area contributed by atoms with Crippen LogP contribution in [0.25, 0.3) is 6.08 Å². The SMILES string of the molecule is CCOC(=O)c1ccccc1C=C1C2CC3CC(C2)CC1C3.